The van der Waals surface area contributed by atoms with Crippen LogP contribution >= 0.6 is 0 Å². The van der Waals surface area contributed by atoms with Gasteiger partial charge in [0.15, 0.2) is 0 Å². The first-order chi connectivity index (χ1) is 39.5. The van der Waals surface area contributed by atoms with E-state index in [2.05, 4.69) is 240 Å². The summed E-state index contributed by atoms with van der Waals surface area (Å²) in [5.41, 5.74) is 23.0. The zero-order valence-corrected chi connectivity index (χ0v) is 45.7. The molecule has 390 valence electrons. The quantitative estimate of drug-likeness (QED) is 0.127. The second-order valence-corrected chi connectivity index (χ2v) is 22.8. The number of anilines is 6. The number of fused-ring (bicyclic) bond motifs is 13. The van der Waals surface area contributed by atoms with Crippen LogP contribution in [0.2, 0.25) is 0 Å². The van der Waals surface area contributed by atoms with E-state index >= 15 is 0 Å². The molecule has 0 atom stereocenters. The largest absolute Gasteiger partial charge is 0.497 e. The van der Waals surface area contributed by atoms with Crippen molar-refractivity contribution in [2.24, 2.45) is 0 Å². The van der Waals surface area contributed by atoms with Crippen molar-refractivity contribution in [2.75, 3.05) is 24.0 Å². The minimum Gasteiger partial charge on any atom is -0.497 e. The lowest BCUT2D eigenvalue weighted by molar-refractivity contribution is 0.353. The van der Waals surface area contributed by atoms with E-state index in [1.807, 2.05) is 0 Å². The van der Waals surface area contributed by atoms with Crippen LogP contribution in [-0.4, -0.2) is 14.2 Å². The van der Waals surface area contributed by atoms with Gasteiger partial charge in [-0.3, -0.25) is 0 Å². The van der Waals surface area contributed by atoms with Gasteiger partial charge >= 0.3 is 0 Å². The minimum atomic E-state index is 0.0219. The number of benzene rings is 11. The van der Waals surface area contributed by atoms with Crippen LogP contribution in [0.3, 0.4) is 0 Å². The van der Waals surface area contributed by atoms with Crippen molar-refractivity contribution in [3.8, 4) is 56.0 Å². The summed E-state index contributed by atoms with van der Waals surface area (Å²) < 4.78 is 11.5. The Kier molecular flexibility index (Phi) is 11.8. The first-order valence-corrected chi connectivity index (χ1v) is 29.1. The Morgan fingerprint density at radius 2 is 0.637 bits per heavy atom. The molecular weight excluding hydrogens is 973 g/mol. The molecule has 11 aromatic rings. The van der Waals surface area contributed by atoms with Gasteiger partial charge in [0, 0.05) is 45.0 Å². The van der Waals surface area contributed by atoms with Gasteiger partial charge in [0.1, 0.15) is 11.5 Å². The summed E-state index contributed by atoms with van der Waals surface area (Å²) in [6, 6.07) is 86.8. The van der Waals surface area contributed by atoms with Crippen molar-refractivity contribution in [3.63, 3.8) is 0 Å². The van der Waals surface area contributed by atoms with Gasteiger partial charge in [-0.1, -0.05) is 172 Å². The molecule has 0 unspecified atom stereocenters. The van der Waals surface area contributed by atoms with E-state index in [0.29, 0.717) is 0 Å². The maximum atomic E-state index is 5.77. The average molecular weight is 1040 g/mol. The Morgan fingerprint density at radius 3 is 1.04 bits per heavy atom. The second kappa shape index (κ2) is 19.5. The molecule has 2 spiro atoms. The molecule has 80 heavy (non-hydrogen) atoms. The standard InChI is InChI=1S/C76H64N2O2/c1-79-59-35-27-51(28-36-59)73-65-41-33-55(77(53-19-7-3-8-20-53)57-31-39-63-61-23-11-13-25-69(61)75(71(63)49-57)43-15-5-16-44-75)47-67(65)68-48-56(34-42-66(68)74(73)52-29-37-60(80-2)38-30-52)78(54-21-9-4-10-22-54)58-32-40-64-62-24-12-14-26-70(62)76(72(64)50-58)45-17-6-18-46-76/h3-4,7-14,19-42,47-50H,5-6,15-18,43-46H2,1-2H3. The van der Waals surface area contributed by atoms with Gasteiger partial charge in [-0.25, -0.2) is 0 Å². The molecule has 4 aliphatic carbocycles. The lowest BCUT2D eigenvalue weighted by Gasteiger charge is -2.36. The van der Waals surface area contributed by atoms with Gasteiger partial charge in [-0.05, 0) is 211 Å². The van der Waals surface area contributed by atoms with Crippen LogP contribution in [0.25, 0.3) is 66.1 Å². The summed E-state index contributed by atoms with van der Waals surface area (Å²) in [5, 5.41) is 4.71. The highest BCUT2D eigenvalue weighted by Crippen LogP contribution is 2.59. The van der Waals surface area contributed by atoms with Crippen molar-refractivity contribution in [3.05, 3.63) is 253 Å². The predicted molar refractivity (Wildman–Crippen MR) is 333 cm³/mol. The van der Waals surface area contributed by atoms with E-state index in [1.165, 1.54) is 153 Å². The third-order valence-corrected chi connectivity index (χ3v) is 18.8. The lowest BCUT2D eigenvalue weighted by atomic mass is 9.68. The molecular formula is C76H64N2O2. The normalized spacial score (nSPS) is 15.3. The molecule has 0 heterocycles. The number of methoxy groups -OCH3 is 2. The molecule has 2 saturated carbocycles. The van der Waals surface area contributed by atoms with Crippen LogP contribution in [0.1, 0.15) is 86.5 Å². The van der Waals surface area contributed by atoms with E-state index in [0.717, 1.165) is 45.4 Å². The van der Waals surface area contributed by atoms with Gasteiger partial charge < -0.3 is 19.3 Å². The summed E-state index contributed by atoms with van der Waals surface area (Å²) in [6.07, 6.45) is 12.3. The molecule has 0 amide bonds. The van der Waals surface area contributed by atoms with E-state index in [-0.39, 0.29) is 10.8 Å². The van der Waals surface area contributed by atoms with Gasteiger partial charge in [0.05, 0.1) is 14.2 Å². The molecule has 2 fully saturated rings. The molecule has 4 nitrogen and oxygen atoms in total. The molecule has 11 aromatic carbocycles. The number of nitrogens with zero attached hydrogens (tertiary/aromatic N) is 2. The fraction of sp³-hybridized carbons (Fsp3) is 0.184. The molecule has 0 aromatic heterocycles. The Hall–Kier alpha value is -8.86. The Labute approximate surface area is 470 Å². The summed E-state index contributed by atoms with van der Waals surface area (Å²) >= 11 is 0. The molecule has 0 saturated heterocycles. The Bertz CT molecular complexity index is 3880. The lowest BCUT2D eigenvalue weighted by Crippen LogP contribution is -2.28. The SMILES string of the molecule is COc1ccc(-c2c(-c3ccc(OC)cc3)c3ccc(N(c4ccccc4)c4ccc5c(c4)C4(CCCCC4)c4ccccc4-5)cc3c3cc(N(c4ccccc4)c4ccc5c(c4)C4(CCCCC4)c4ccccc4-5)ccc23)cc1. The summed E-state index contributed by atoms with van der Waals surface area (Å²) in [7, 11) is 3.48. The van der Waals surface area contributed by atoms with Gasteiger partial charge in [-0.15, -0.1) is 0 Å². The third-order valence-electron chi connectivity index (χ3n) is 18.8. The topological polar surface area (TPSA) is 24.9 Å². The molecule has 15 rings (SSSR count). The average Bonchev–Trinajstić information content (AvgIpc) is 4.14. The zero-order chi connectivity index (χ0) is 53.4. The number of rotatable bonds is 10. The number of ether oxygens (including phenoxy) is 2. The van der Waals surface area contributed by atoms with Gasteiger partial charge in [-0.2, -0.15) is 0 Å². The molecule has 4 heteroatoms. The van der Waals surface area contributed by atoms with Crippen LogP contribution < -0.4 is 19.3 Å². The van der Waals surface area contributed by atoms with Gasteiger partial charge in [0.25, 0.3) is 0 Å². The number of hydrogen-bond donors (Lipinski definition) is 0. The van der Waals surface area contributed by atoms with E-state index < -0.39 is 0 Å². The highest BCUT2D eigenvalue weighted by atomic mass is 16.5. The van der Waals surface area contributed by atoms with Crippen molar-refractivity contribution >= 4 is 55.7 Å². The van der Waals surface area contributed by atoms with Crippen LogP contribution in [0, 0.1) is 0 Å². The summed E-state index contributed by atoms with van der Waals surface area (Å²) in [5.74, 6) is 1.65. The summed E-state index contributed by atoms with van der Waals surface area (Å²) in [4.78, 5) is 5.00. The molecule has 0 bridgehead atoms. The van der Waals surface area contributed by atoms with Crippen LogP contribution in [0.5, 0.6) is 11.5 Å². The molecule has 0 aliphatic heterocycles. The fourth-order valence-corrected chi connectivity index (χ4v) is 15.2. The van der Waals surface area contributed by atoms with Crippen molar-refractivity contribution in [2.45, 2.75) is 75.0 Å². The van der Waals surface area contributed by atoms with Crippen LogP contribution in [0.4, 0.5) is 34.1 Å². The Balaban J connectivity index is 0.989. The molecule has 0 radical (unpaired) electrons. The van der Waals surface area contributed by atoms with E-state index in [9.17, 15) is 0 Å². The van der Waals surface area contributed by atoms with Crippen molar-refractivity contribution in [1.29, 1.82) is 0 Å². The Morgan fingerprint density at radius 1 is 0.287 bits per heavy atom. The monoisotopic (exact) mass is 1040 g/mol. The highest BCUT2D eigenvalue weighted by Gasteiger charge is 2.45. The molecule has 0 N–H and O–H groups in total. The smallest absolute Gasteiger partial charge is 0.118 e. The first-order valence-electron chi connectivity index (χ1n) is 29.1. The fourth-order valence-electron chi connectivity index (χ4n) is 15.2. The molecule has 4 aliphatic rings. The number of para-hydroxylation sites is 2. The van der Waals surface area contributed by atoms with Crippen LogP contribution in [-0.2, 0) is 10.8 Å². The number of hydrogen-bond acceptors (Lipinski definition) is 4. The van der Waals surface area contributed by atoms with Crippen molar-refractivity contribution in [1.82, 2.24) is 0 Å². The second-order valence-electron chi connectivity index (χ2n) is 22.8. The first kappa shape index (κ1) is 48.3. The third kappa shape index (κ3) is 7.63. The maximum absolute atomic E-state index is 5.77. The highest BCUT2D eigenvalue weighted by molar-refractivity contribution is 6.23. The zero-order valence-electron chi connectivity index (χ0n) is 45.7. The van der Waals surface area contributed by atoms with Crippen LogP contribution in [0.15, 0.2) is 231 Å². The van der Waals surface area contributed by atoms with Crippen molar-refractivity contribution < 1.29 is 9.47 Å². The van der Waals surface area contributed by atoms with E-state index in [4.69, 9.17) is 9.47 Å². The summed E-state index contributed by atoms with van der Waals surface area (Å²) in [6.45, 7) is 0. The predicted octanol–water partition coefficient (Wildman–Crippen LogP) is 20.7. The van der Waals surface area contributed by atoms with Gasteiger partial charge in [0.2, 0.25) is 0 Å². The van der Waals surface area contributed by atoms with E-state index in [1.54, 1.807) is 14.2 Å². The minimum absolute atomic E-state index is 0.0219. The maximum Gasteiger partial charge on any atom is 0.118 e.